The summed E-state index contributed by atoms with van der Waals surface area (Å²) >= 11 is 11.7. The third kappa shape index (κ3) is 5.06. The Morgan fingerprint density at radius 1 is 1.19 bits per heavy atom. The summed E-state index contributed by atoms with van der Waals surface area (Å²) in [5.41, 5.74) is 0. The summed E-state index contributed by atoms with van der Waals surface area (Å²) in [6, 6.07) is 5.33. The Balaban J connectivity index is 2.19. The Hall–Kier alpha value is -0.440. The maximum absolute atomic E-state index is 5.88. The summed E-state index contributed by atoms with van der Waals surface area (Å²) in [4.78, 5) is 0. The van der Waals surface area contributed by atoms with Crippen LogP contribution in [0.4, 0.5) is 0 Å². The molecule has 4 heteroatoms. The number of benzene rings is 1. The highest BCUT2D eigenvalue weighted by molar-refractivity contribution is 6.42. The summed E-state index contributed by atoms with van der Waals surface area (Å²) in [6.45, 7) is 5.03. The topological polar surface area (TPSA) is 25.8 Å². The van der Waals surface area contributed by atoms with Crippen LogP contribution in [-0.4, -0.2) is 19.7 Å². The summed E-state index contributed by atoms with van der Waals surface area (Å²) in [5, 5.41) is 3.36. The first-order chi connectivity index (χ1) is 7.74. The fraction of sp³-hybridized carbons (Fsp3) is 0.500. The largest absolute Gasteiger partial charge is 0.488 e. The van der Waals surface area contributed by atoms with Crippen molar-refractivity contribution in [3.05, 3.63) is 28.2 Å². The Morgan fingerprint density at radius 2 is 2.00 bits per heavy atom. The van der Waals surface area contributed by atoms with E-state index in [0.717, 1.165) is 12.3 Å². The number of nitrogens with two attached hydrogens (primary N) is 1. The van der Waals surface area contributed by atoms with Crippen LogP contribution in [0, 0.1) is 0 Å². The van der Waals surface area contributed by atoms with Crippen LogP contribution in [0.1, 0.15) is 19.8 Å². The zero-order valence-electron chi connectivity index (χ0n) is 9.51. The van der Waals surface area contributed by atoms with Crippen molar-refractivity contribution >= 4 is 23.2 Å². The molecule has 0 unspecified atom stereocenters. The van der Waals surface area contributed by atoms with E-state index in [1.165, 1.54) is 19.4 Å². The molecule has 0 fully saturated rings. The van der Waals surface area contributed by atoms with Crippen LogP contribution in [-0.2, 0) is 0 Å². The van der Waals surface area contributed by atoms with Crippen LogP contribution in [0.2, 0.25) is 10.0 Å². The summed E-state index contributed by atoms with van der Waals surface area (Å²) in [7, 11) is 0. The average Bonchev–Trinajstić information content (AvgIpc) is 2.28. The maximum Gasteiger partial charge on any atom is 0.137 e. The van der Waals surface area contributed by atoms with Gasteiger partial charge in [0.1, 0.15) is 18.9 Å². The minimum atomic E-state index is 0.536. The molecule has 1 aromatic carbocycles. The van der Waals surface area contributed by atoms with Crippen LogP contribution in [0.5, 0.6) is 5.75 Å². The van der Waals surface area contributed by atoms with E-state index in [1.54, 1.807) is 12.1 Å². The van der Waals surface area contributed by atoms with Crippen LogP contribution in [0.3, 0.4) is 0 Å². The third-order valence-electron chi connectivity index (χ3n) is 2.24. The van der Waals surface area contributed by atoms with Gasteiger partial charge in [0.2, 0.25) is 0 Å². The van der Waals surface area contributed by atoms with Crippen molar-refractivity contribution in [3.63, 3.8) is 0 Å². The molecule has 0 aliphatic carbocycles. The average molecular weight is 263 g/mol. The van der Waals surface area contributed by atoms with E-state index in [4.69, 9.17) is 27.9 Å². The van der Waals surface area contributed by atoms with Crippen molar-refractivity contribution in [3.8, 4) is 5.75 Å². The SMILES string of the molecule is CCCC[NH2+]CCOc1ccc(Cl)c(Cl)c1. The molecule has 0 atom stereocenters. The predicted octanol–water partition coefficient (Wildman–Crippen LogP) is 2.74. The smallest absolute Gasteiger partial charge is 0.137 e. The molecule has 1 aromatic rings. The van der Waals surface area contributed by atoms with Gasteiger partial charge in [0.05, 0.1) is 16.6 Å². The van der Waals surface area contributed by atoms with Crippen molar-refractivity contribution in [2.75, 3.05) is 19.7 Å². The van der Waals surface area contributed by atoms with Crippen LogP contribution in [0.15, 0.2) is 18.2 Å². The van der Waals surface area contributed by atoms with Gasteiger partial charge in [-0.15, -0.1) is 0 Å². The molecule has 0 aliphatic rings. The van der Waals surface area contributed by atoms with E-state index in [1.807, 2.05) is 6.07 Å². The van der Waals surface area contributed by atoms with Gasteiger partial charge < -0.3 is 10.1 Å². The van der Waals surface area contributed by atoms with Gasteiger partial charge in [-0.2, -0.15) is 0 Å². The Labute approximate surface area is 107 Å². The van der Waals surface area contributed by atoms with Crippen molar-refractivity contribution < 1.29 is 10.1 Å². The molecule has 2 nitrogen and oxygen atoms in total. The Morgan fingerprint density at radius 3 is 2.69 bits per heavy atom. The molecule has 90 valence electrons. The maximum atomic E-state index is 5.88. The summed E-state index contributed by atoms with van der Waals surface area (Å²) in [6.07, 6.45) is 2.50. The number of hydrogen-bond donors (Lipinski definition) is 1. The minimum absolute atomic E-state index is 0.536. The number of halogens is 2. The molecular weight excluding hydrogens is 245 g/mol. The molecule has 0 bridgehead atoms. The van der Waals surface area contributed by atoms with Crippen LogP contribution >= 0.6 is 23.2 Å². The van der Waals surface area contributed by atoms with Gasteiger partial charge in [-0.3, -0.25) is 0 Å². The zero-order valence-corrected chi connectivity index (χ0v) is 11.0. The highest BCUT2D eigenvalue weighted by atomic mass is 35.5. The number of rotatable bonds is 7. The fourth-order valence-corrected chi connectivity index (χ4v) is 1.61. The van der Waals surface area contributed by atoms with Crippen LogP contribution in [0.25, 0.3) is 0 Å². The molecule has 0 spiro atoms. The first-order valence-electron chi connectivity index (χ1n) is 5.63. The van der Waals surface area contributed by atoms with E-state index in [0.29, 0.717) is 16.7 Å². The first-order valence-corrected chi connectivity index (χ1v) is 6.39. The lowest BCUT2D eigenvalue weighted by Gasteiger charge is -2.06. The van der Waals surface area contributed by atoms with Gasteiger partial charge >= 0.3 is 0 Å². The van der Waals surface area contributed by atoms with Crippen molar-refractivity contribution in [2.24, 2.45) is 0 Å². The molecule has 0 saturated heterocycles. The molecular formula is C12H18Cl2NO+. The van der Waals surface area contributed by atoms with Gasteiger partial charge in [-0.05, 0) is 18.6 Å². The molecule has 0 heterocycles. The van der Waals surface area contributed by atoms with E-state index in [9.17, 15) is 0 Å². The number of unbranched alkanes of at least 4 members (excludes halogenated alkanes) is 1. The van der Waals surface area contributed by atoms with E-state index >= 15 is 0 Å². The number of quaternary nitrogens is 1. The second-order valence-corrected chi connectivity index (χ2v) is 4.46. The highest BCUT2D eigenvalue weighted by Gasteiger charge is 2.00. The zero-order chi connectivity index (χ0) is 11.8. The second kappa shape index (κ2) is 7.77. The minimum Gasteiger partial charge on any atom is -0.488 e. The number of ether oxygens (including phenoxy) is 1. The lowest BCUT2D eigenvalue weighted by atomic mass is 10.3. The van der Waals surface area contributed by atoms with E-state index < -0.39 is 0 Å². The molecule has 0 radical (unpaired) electrons. The van der Waals surface area contributed by atoms with Gasteiger partial charge in [0, 0.05) is 6.07 Å². The molecule has 0 aliphatic heterocycles. The Kier molecular flexibility index (Phi) is 6.62. The van der Waals surface area contributed by atoms with Crippen molar-refractivity contribution in [1.82, 2.24) is 0 Å². The van der Waals surface area contributed by atoms with Crippen molar-refractivity contribution in [2.45, 2.75) is 19.8 Å². The van der Waals surface area contributed by atoms with Gasteiger partial charge in [-0.1, -0.05) is 36.5 Å². The standard InChI is InChI=1S/C12H17Cl2NO/c1-2-3-6-15-7-8-16-10-4-5-11(13)12(14)9-10/h4-5,9,15H,2-3,6-8H2,1H3/p+1. The van der Waals surface area contributed by atoms with E-state index in [-0.39, 0.29) is 0 Å². The molecule has 16 heavy (non-hydrogen) atoms. The van der Waals surface area contributed by atoms with Crippen LogP contribution < -0.4 is 10.1 Å². The van der Waals surface area contributed by atoms with Gasteiger partial charge in [0.15, 0.2) is 0 Å². The second-order valence-electron chi connectivity index (χ2n) is 3.64. The van der Waals surface area contributed by atoms with Crippen molar-refractivity contribution in [1.29, 1.82) is 0 Å². The molecule has 2 N–H and O–H groups in total. The third-order valence-corrected chi connectivity index (χ3v) is 2.98. The predicted molar refractivity (Wildman–Crippen MR) is 68.5 cm³/mol. The monoisotopic (exact) mass is 262 g/mol. The molecule has 1 rings (SSSR count). The normalized spacial score (nSPS) is 10.4. The first kappa shape index (κ1) is 13.6. The number of hydrogen-bond acceptors (Lipinski definition) is 1. The fourth-order valence-electron chi connectivity index (χ4n) is 1.32. The quantitative estimate of drug-likeness (QED) is 0.752. The highest BCUT2D eigenvalue weighted by Crippen LogP contribution is 2.26. The summed E-state index contributed by atoms with van der Waals surface area (Å²) < 4.78 is 5.55. The summed E-state index contributed by atoms with van der Waals surface area (Å²) in [5.74, 6) is 0.776. The van der Waals surface area contributed by atoms with Gasteiger partial charge in [0.25, 0.3) is 0 Å². The molecule has 0 saturated carbocycles. The van der Waals surface area contributed by atoms with Gasteiger partial charge in [-0.25, -0.2) is 0 Å². The van der Waals surface area contributed by atoms with E-state index in [2.05, 4.69) is 12.2 Å². The molecule has 0 aromatic heterocycles. The lowest BCUT2D eigenvalue weighted by molar-refractivity contribution is -0.655. The Bertz CT molecular complexity index is 318. The lowest BCUT2D eigenvalue weighted by Crippen LogP contribution is -2.85. The molecule has 0 amide bonds.